The van der Waals surface area contributed by atoms with Crippen molar-refractivity contribution in [2.75, 3.05) is 0 Å². The molecule has 16 heavy (non-hydrogen) atoms. The van der Waals surface area contributed by atoms with E-state index >= 15 is 0 Å². The lowest BCUT2D eigenvalue weighted by Crippen LogP contribution is -2.18. The van der Waals surface area contributed by atoms with Gasteiger partial charge in [-0.3, -0.25) is 0 Å². The number of nitrogens with zero attached hydrogens (tertiary/aromatic N) is 2. The van der Waals surface area contributed by atoms with E-state index in [-0.39, 0.29) is 5.82 Å². The van der Waals surface area contributed by atoms with E-state index in [1.165, 1.54) is 6.07 Å². The molecule has 1 aromatic rings. The first-order valence-corrected chi connectivity index (χ1v) is 6.07. The van der Waals surface area contributed by atoms with Crippen molar-refractivity contribution in [1.82, 2.24) is 4.57 Å². The summed E-state index contributed by atoms with van der Waals surface area (Å²) in [5.41, 5.74) is 1.53. The molecule has 0 spiro atoms. The minimum Gasteiger partial charge on any atom is -0.335 e. The molecule has 0 N–H and O–H groups in total. The fourth-order valence-electron chi connectivity index (χ4n) is 1.27. The van der Waals surface area contributed by atoms with Crippen LogP contribution in [0, 0.1) is 5.82 Å². The van der Waals surface area contributed by atoms with Gasteiger partial charge in [0.15, 0.2) is 0 Å². The highest BCUT2D eigenvalue weighted by atomic mass is 79.9. The van der Waals surface area contributed by atoms with E-state index in [9.17, 15) is 4.39 Å². The van der Waals surface area contributed by atoms with Crippen molar-refractivity contribution < 1.29 is 4.39 Å². The van der Waals surface area contributed by atoms with Gasteiger partial charge in [-0.15, -0.1) is 0 Å². The average molecular weight is 287 g/mol. The maximum atomic E-state index is 13.3. The van der Waals surface area contributed by atoms with Crippen molar-refractivity contribution in [3.8, 4) is 0 Å². The zero-order valence-electron chi connectivity index (χ0n) is 9.80. The van der Waals surface area contributed by atoms with Gasteiger partial charge in [-0.2, -0.15) is 0 Å². The van der Waals surface area contributed by atoms with Crippen LogP contribution in [0.4, 0.5) is 4.39 Å². The number of rotatable bonds is 3. The lowest BCUT2D eigenvalue weighted by Gasteiger charge is -2.02. The Labute approximate surface area is 104 Å². The number of hydrogen-bond donors (Lipinski definition) is 0. The maximum Gasteiger partial charge on any atom is 0.142 e. The Morgan fingerprint density at radius 1 is 1.62 bits per heavy atom. The second-order valence-corrected chi connectivity index (χ2v) is 4.54. The number of aryl methyl sites for hydroxylation is 1. The predicted molar refractivity (Wildman–Crippen MR) is 67.3 cm³/mol. The Balaban J connectivity index is 3.13. The molecule has 0 aromatic carbocycles. The summed E-state index contributed by atoms with van der Waals surface area (Å²) in [7, 11) is 1.84. The SMILES string of the molecule is CCC/C=C(\C)N=c1cc(F)c(Br)cn1C. The standard InChI is InChI=1S/C12H16BrFN2/c1-4-5-6-9(2)15-12-7-11(14)10(13)8-16(12)3/h6-8H,4-5H2,1-3H3/b9-6+,15-12?. The molecule has 0 atom stereocenters. The molecule has 0 aliphatic carbocycles. The molecule has 1 heterocycles. The summed E-state index contributed by atoms with van der Waals surface area (Å²) in [5.74, 6) is -0.292. The summed E-state index contributed by atoms with van der Waals surface area (Å²) >= 11 is 3.14. The van der Waals surface area contributed by atoms with Gasteiger partial charge in [-0.1, -0.05) is 19.4 Å². The van der Waals surface area contributed by atoms with Gasteiger partial charge in [0.05, 0.1) is 4.47 Å². The van der Waals surface area contributed by atoms with Crippen LogP contribution in [0.1, 0.15) is 26.7 Å². The van der Waals surface area contributed by atoms with Gasteiger partial charge in [-0.25, -0.2) is 9.38 Å². The molecule has 88 valence electrons. The van der Waals surface area contributed by atoms with E-state index in [0.29, 0.717) is 9.96 Å². The van der Waals surface area contributed by atoms with Crippen LogP contribution in [0.15, 0.2) is 33.5 Å². The summed E-state index contributed by atoms with van der Waals surface area (Å²) in [5, 5.41) is 0. The van der Waals surface area contributed by atoms with Crippen LogP contribution in [-0.4, -0.2) is 4.57 Å². The maximum absolute atomic E-state index is 13.3. The zero-order valence-corrected chi connectivity index (χ0v) is 11.4. The lowest BCUT2D eigenvalue weighted by molar-refractivity contribution is 0.606. The molecule has 0 aliphatic rings. The van der Waals surface area contributed by atoms with E-state index in [1.807, 2.05) is 14.0 Å². The average Bonchev–Trinajstić information content (AvgIpc) is 2.23. The minimum atomic E-state index is -0.292. The van der Waals surface area contributed by atoms with Crippen LogP contribution >= 0.6 is 15.9 Å². The molecule has 0 fully saturated rings. The number of halogens is 2. The molecule has 0 saturated heterocycles. The molecular weight excluding hydrogens is 271 g/mol. The topological polar surface area (TPSA) is 17.3 Å². The molecule has 4 heteroatoms. The Hall–Kier alpha value is -0.900. The summed E-state index contributed by atoms with van der Waals surface area (Å²) in [6.07, 6.45) is 5.81. The van der Waals surface area contributed by atoms with Crippen molar-refractivity contribution in [3.05, 3.63) is 39.8 Å². The summed E-state index contributed by atoms with van der Waals surface area (Å²) in [6.45, 7) is 4.04. The molecule has 0 unspecified atom stereocenters. The van der Waals surface area contributed by atoms with Gasteiger partial charge in [-0.05, 0) is 29.3 Å². The van der Waals surface area contributed by atoms with Gasteiger partial charge < -0.3 is 4.57 Å². The van der Waals surface area contributed by atoms with E-state index < -0.39 is 0 Å². The molecular formula is C12H16BrFN2. The summed E-state index contributed by atoms with van der Waals surface area (Å²) in [6, 6.07) is 1.42. The Kier molecular flexibility index (Phi) is 4.93. The van der Waals surface area contributed by atoms with Crippen molar-refractivity contribution in [1.29, 1.82) is 0 Å². The second kappa shape index (κ2) is 5.99. The first-order chi connectivity index (χ1) is 7.54. The zero-order chi connectivity index (χ0) is 12.1. The highest BCUT2D eigenvalue weighted by molar-refractivity contribution is 9.10. The van der Waals surface area contributed by atoms with E-state index in [4.69, 9.17) is 0 Å². The van der Waals surface area contributed by atoms with Crippen molar-refractivity contribution in [2.45, 2.75) is 26.7 Å². The Morgan fingerprint density at radius 3 is 2.94 bits per heavy atom. The lowest BCUT2D eigenvalue weighted by atomic mass is 10.3. The van der Waals surface area contributed by atoms with E-state index in [2.05, 4.69) is 33.9 Å². The summed E-state index contributed by atoms with van der Waals surface area (Å²) < 4.78 is 15.6. The van der Waals surface area contributed by atoms with Gasteiger partial charge in [0, 0.05) is 25.0 Å². The number of aromatic nitrogens is 1. The highest BCUT2D eigenvalue weighted by Crippen LogP contribution is 2.11. The van der Waals surface area contributed by atoms with Crippen LogP contribution in [0.5, 0.6) is 0 Å². The van der Waals surface area contributed by atoms with Gasteiger partial charge in [0.25, 0.3) is 0 Å². The molecule has 1 rings (SSSR count). The third-order valence-corrected chi connectivity index (χ3v) is 2.76. The number of hydrogen-bond acceptors (Lipinski definition) is 1. The first-order valence-electron chi connectivity index (χ1n) is 5.27. The van der Waals surface area contributed by atoms with Crippen molar-refractivity contribution in [3.63, 3.8) is 0 Å². The van der Waals surface area contributed by atoms with Crippen molar-refractivity contribution in [2.24, 2.45) is 12.0 Å². The van der Waals surface area contributed by atoms with Crippen LogP contribution in [0.3, 0.4) is 0 Å². The second-order valence-electron chi connectivity index (χ2n) is 3.68. The fourth-order valence-corrected chi connectivity index (χ4v) is 1.69. The molecule has 0 amide bonds. The number of allylic oxidation sites excluding steroid dienone is 2. The monoisotopic (exact) mass is 286 g/mol. The Morgan fingerprint density at radius 2 is 2.31 bits per heavy atom. The third-order valence-electron chi connectivity index (χ3n) is 2.17. The number of unbranched alkanes of at least 4 members (excludes halogenated alkanes) is 1. The molecule has 0 bridgehead atoms. The quantitative estimate of drug-likeness (QED) is 0.809. The molecule has 0 radical (unpaired) electrons. The van der Waals surface area contributed by atoms with Gasteiger partial charge in [0.2, 0.25) is 0 Å². The van der Waals surface area contributed by atoms with Crippen LogP contribution < -0.4 is 5.49 Å². The van der Waals surface area contributed by atoms with Crippen molar-refractivity contribution >= 4 is 15.9 Å². The molecule has 1 aromatic heterocycles. The molecule has 0 aliphatic heterocycles. The van der Waals surface area contributed by atoms with Crippen LogP contribution in [0.25, 0.3) is 0 Å². The predicted octanol–water partition coefficient (Wildman–Crippen LogP) is 3.53. The normalized spacial score (nSPS) is 13.3. The number of pyridine rings is 1. The Bertz CT molecular complexity index is 461. The largest absolute Gasteiger partial charge is 0.335 e. The van der Waals surface area contributed by atoms with Crippen LogP contribution in [-0.2, 0) is 7.05 Å². The molecule has 0 saturated carbocycles. The molecule has 2 nitrogen and oxygen atoms in total. The van der Waals surface area contributed by atoms with E-state index in [1.54, 1.807) is 10.8 Å². The summed E-state index contributed by atoms with van der Waals surface area (Å²) in [4.78, 5) is 4.36. The van der Waals surface area contributed by atoms with Gasteiger partial charge >= 0.3 is 0 Å². The fraction of sp³-hybridized carbons (Fsp3) is 0.417. The third kappa shape index (κ3) is 3.59. The minimum absolute atomic E-state index is 0.292. The smallest absolute Gasteiger partial charge is 0.142 e. The highest BCUT2D eigenvalue weighted by Gasteiger charge is 1.99. The van der Waals surface area contributed by atoms with Gasteiger partial charge in [0.1, 0.15) is 11.3 Å². The first kappa shape index (κ1) is 13.2. The van der Waals surface area contributed by atoms with Crippen LogP contribution in [0.2, 0.25) is 0 Å². The van der Waals surface area contributed by atoms with E-state index in [0.717, 1.165) is 18.5 Å².